The quantitative estimate of drug-likeness (QED) is 0.712. The predicted octanol–water partition coefficient (Wildman–Crippen LogP) is 3.68. The normalized spacial score (nSPS) is 23.7. The minimum Gasteiger partial charge on any atom is -0.367 e. The number of nitrogens with zero attached hydrogens (tertiary/aromatic N) is 3. The summed E-state index contributed by atoms with van der Waals surface area (Å²) >= 11 is 0. The zero-order valence-electron chi connectivity index (χ0n) is 15.5. The van der Waals surface area contributed by atoms with Gasteiger partial charge in [-0.25, -0.2) is 9.98 Å². The van der Waals surface area contributed by atoms with Crippen molar-refractivity contribution >= 4 is 17.4 Å². The molecular weight excluding hydrogens is 336 g/mol. The van der Waals surface area contributed by atoms with Crippen molar-refractivity contribution in [3.8, 4) is 6.07 Å². The number of hydrogen-bond donors (Lipinski definition) is 3. The van der Waals surface area contributed by atoms with Crippen molar-refractivity contribution < 1.29 is 0 Å². The number of pyridine rings is 1. The summed E-state index contributed by atoms with van der Waals surface area (Å²) in [6, 6.07) is 8.99. The highest BCUT2D eigenvalue weighted by atomic mass is 15.2. The Morgan fingerprint density at radius 2 is 1.93 bits per heavy atom. The van der Waals surface area contributed by atoms with Gasteiger partial charge in [0.2, 0.25) is 0 Å². The van der Waals surface area contributed by atoms with Crippen molar-refractivity contribution in [3.05, 3.63) is 41.9 Å². The van der Waals surface area contributed by atoms with E-state index in [1.165, 1.54) is 38.5 Å². The van der Waals surface area contributed by atoms with Crippen molar-refractivity contribution in [3.63, 3.8) is 0 Å². The van der Waals surface area contributed by atoms with Gasteiger partial charge in [-0.2, -0.15) is 5.26 Å². The van der Waals surface area contributed by atoms with Gasteiger partial charge in [0, 0.05) is 12.2 Å². The van der Waals surface area contributed by atoms with Crippen LogP contribution in [0, 0.1) is 11.3 Å². The van der Waals surface area contributed by atoms with E-state index in [1.54, 1.807) is 0 Å². The van der Waals surface area contributed by atoms with Crippen LogP contribution in [0.3, 0.4) is 0 Å². The monoisotopic (exact) mass is 362 g/mol. The maximum absolute atomic E-state index is 9.77. The molecule has 1 aromatic heterocycles. The number of nitriles is 1. The van der Waals surface area contributed by atoms with E-state index in [-0.39, 0.29) is 0 Å². The number of aromatic nitrogens is 1. The van der Waals surface area contributed by atoms with Gasteiger partial charge in [-0.1, -0.05) is 31.7 Å². The van der Waals surface area contributed by atoms with E-state index in [1.807, 2.05) is 30.5 Å². The van der Waals surface area contributed by atoms with Gasteiger partial charge in [-0.05, 0) is 43.9 Å². The molecule has 3 aliphatic rings. The molecule has 3 N–H and O–H groups in total. The Bertz CT molecular complexity index is 804. The summed E-state index contributed by atoms with van der Waals surface area (Å²) in [6.07, 6.45) is 13.4. The summed E-state index contributed by atoms with van der Waals surface area (Å²) in [6.45, 7) is 0. The first kappa shape index (κ1) is 17.6. The van der Waals surface area contributed by atoms with Crippen molar-refractivity contribution in [1.82, 2.24) is 15.6 Å². The molecule has 27 heavy (non-hydrogen) atoms. The summed E-state index contributed by atoms with van der Waals surface area (Å²) in [5.74, 6) is 1.55. The third-order valence-electron chi connectivity index (χ3n) is 5.45. The van der Waals surface area contributed by atoms with Gasteiger partial charge in [0.15, 0.2) is 5.96 Å². The average Bonchev–Trinajstić information content (AvgIpc) is 3.37. The first-order valence-corrected chi connectivity index (χ1v) is 9.98. The molecule has 0 radical (unpaired) electrons. The molecule has 0 spiro atoms. The smallest absolute Gasteiger partial charge is 0.200 e. The summed E-state index contributed by atoms with van der Waals surface area (Å²) in [5, 5.41) is 19.7. The van der Waals surface area contributed by atoms with Crippen LogP contribution in [0.25, 0.3) is 5.57 Å². The van der Waals surface area contributed by atoms with Crippen LogP contribution in [0.4, 0.5) is 5.82 Å². The molecule has 0 atom stereocenters. The largest absolute Gasteiger partial charge is 0.367 e. The second kappa shape index (κ2) is 8.26. The van der Waals surface area contributed by atoms with E-state index < -0.39 is 0 Å². The topological polar surface area (TPSA) is 85.1 Å². The SMILES string of the molecule is N#C/C(=C1/C=CNC(=NC2CCCC2)N1)c1cccc(NC2CCCC2)n1. The Labute approximate surface area is 160 Å². The van der Waals surface area contributed by atoms with Crippen molar-refractivity contribution in [2.75, 3.05) is 5.32 Å². The predicted molar refractivity (Wildman–Crippen MR) is 108 cm³/mol. The number of guanidine groups is 1. The number of anilines is 1. The first-order valence-electron chi connectivity index (χ1n) is 9.98. The minimum absolute atomic E-state index is 0.371. The molecule has 4 rings (SSSR count). The third-order valence-corrected chi connectivity index (χ3v) is 5.45. The van der Waals surface area contributed by atoms with Gasteiger partial charge in [0.1, 0.15) is 17.5 Å². The Balaban J connectivity index is 1.56. The van der Waals surface area contributed by atoms with Crippen LogP contribution in [-0.4, -0.2) is 23.0 Å². The molecule has 2 fully saturated rings. The van der Waals surface area contributed by atoms with Gasteiger partial charge >= 0.3 is 0 Å². The van der Waals surface area contributed by atoms with E-state index in [2.05, 4.69) is 27.0 Å². The molecule has 2 aliphatic carbocycles. The Hall–Kier alpha value is -2.81. The molecule has 2 heterocycles. The van der Waals surface area contributed by atoms with Crippen molar-refractivity contribution in [2.45, 2.75) is 63.5 Å². The van der Waals surface area contributed by atoms with Gasteiger partial charge in [0.05, 0.1) is 17.4 Å². The van der Waals surface area contributed by atoms with Crippen LogP contribution >= 0.6 is 0 Å². The summed E-state index contributed by atoms with van der Waals surface area (Å²) in [7, 11) is 0. The van der Waals surface area contributed by atoms with Crippen LogP contribution in [-0.2, 0) is 0 Å². The Morgan fingerprint density at radius 3 is 2.70 bits per heavy atom. The fraction of sp³-hybridized carbons (Fsp3) is 0.476. The van der Waals surface area contributed by atoms with Crippen LogP contribution in [0.2, 0.25) is 0 Å². The Kier molecular flexibility index (Phi) is 5.38. The van der Waals surface area contributed by atoms with Crippen LogP contribution in [0.1, 0.15) is 57.1 Å². The number of aliphatic imine (C=N–C) groups is 1. The molecule has 6 nitrogen and oxygen atoms in total. The van der Waals surface area contributed by atoms with Gasteiger partial charge in [0.25, 0.3) is 0 Å². The highest BCUT2D eigenvalue weighted by Crippen LogP contribution is 2.24. The molecule has 2 saturated carbocycles. The maximum Gasteiger partial charge on any atom is 0.200 e. The fourth-order valence-corrected chi connectivity index (χ4v) is 4.03. The number of rotatable bonds is 4. The van der Waals surface area contributed by atoms with E-state index in [0.717, 1.165) is 24.4 Å². The van der Waals surface area contributed by atoms with Crippen LogP contribution in [0.15, 0.2) is 41.2 Å². The second-order valence-corrected chi connectivity index (χ2v) is 7.45. The molecular formula is C21H26N6. The average molecular weight is 362 g/mol. The van der Waals surface area contributed by atoms with Gasteiger partial charge < -0.3 is 16.0 Å². The fourth-order valence-electron chi connectivity index (χ4n) is 4.03. The molecule has 0 bridgehead atoms. The number of nitrogens with one attached hydrogen (secondary N) is 3. The van der Waals surface area contributed by atoms with E-state index in [9.17, 15) is 5.26 Å². The van der Waals surface area contributed by atoms with Crippen molar-refractivity contribution in [1.29, 1.82) is 5.26 Å². The lowest BCUT2D eigenvalue weighted by atomic mass is 10.1. The summed E-state index contributed by atoms with van der Waals surface area (Å²) < 4.78 is 0. The van der Waals surface area contributed by atoms with Gasteiger partial charge in [-0.15, -0.1) is 0 Å². The molecule has 0 aromatic carbocycles. The summed E-state index contributed by atoms with van der Waals surface area (Å²) in [4.78, 5) is 9.43. The third kappa shape index (κ3) is 4.30. The number of allylic oxidation sites excluding steroid dienone is 2. The maximum atomic E-state index is 9.77. The first-order chi connectivity index (χ1) is 13.3. The van der Waals surface area contributed by atoms with E-state index in [4.69, 9.17) is 4.99 Å². The number of hydrogen-bond acceptors (Lipinski definition) is 4. The minimum atomic E-state index is 0.371. The molecule has 140 valence electrons. The molecule has 1 aliphatic heterocycles. The molecule has 6 heteroatoms. The molecule has 0 saturated heterocycles. The highest BCUT2D eigenvalue weighted by Gasteiger charge is 2.19. The van der Waals surface area contributed by atoms with E-state index in [0.29, 0.717) is 29.3 Å². The zero-order chi connectivity index (χ0) is 18.5. The van der Waals surface area contributed by atoms with Crippen molar-refractivity contribution in [2.24, 2.45) is 4.99 Å². The molecule has 1 aromatic rings. The van der Waals surface area contributed by atoms with E-state index >= 15 is 0 Å². The molecule has 0 amide bonds. The Morgan fingerprint density at radius 1 is 1.15 bits per heavy atom. The van der Waals surface area contributed by atoms with Gasteiger partial charge in [-0.3, -0.25) is 0 Å². The standard InChI is InChI=1S/C21H26N6/c22-14-17(18-10-5-11-20(26-18)24-15-6-1-2-7-15)19-12-13-23-21(27-19)25-16-8-3-4-9-16/h5,10-13,15-16H,1-4,6-9H2,(H,24,26)(H2,23,25,27)/b19-17+. The van der Waals surface area contributed by atoms with Crippen LogP contribution in [0.5, 0.6) is 0 Å². The lowest BCUT2D eigenvalue weighted by Crippen LogP contribution is -2.38. The zero-order valence-corrected chi connectivity index (χ0v) is 15.5. The highest BCUT2D eigenvalue weighted by molar-refractivity contribution is 5.90. The summed E-state index contributed by atoms with van der Waals surface area (Å²) in [5.41, 5.74) is 1.94. The second-order valence-electron chi connectivity index (χ2n) is 7.45. The lowest BCUT2D eigenvalue weighted by Gasteiger charge is -2.19. The lowest BCUT2D eigenvalue weighted by molar-refractivity contribution is 0.696. The molecule has 0 unspecified atom stereocenters. The van der Waals surface area contributed by atoms with Crippen LogP contribution < -0.4 is 16.0 Å².